The van der Waals surface area contributed by atoms with Crippen molar-refractivity contribution in [2.75, 3.05) is 32.2 Å². The summed E-state index contributed by atoms with van der Waals surface area (Å²) >= 11 is 0. The molecule has 2 aromatic heterocycles. The standard InChI is InChI=1S/C22H22F3N5O5/c1-29-5-3-4-12-8-26-9-13(18(12)29)10-27-20(32)30-16(11-31)19(35-21(30)33)15-6-14(22(23,24)25)7-17(28-15)34-2/h3-4,6-9,16,19,31H,5,10-11H2,1-2H3,(H,27,32)/t16-,19+/m0/s1. The van der Waals surface area contributed by atoms with Gasteiger partial charge in [-0.25, -0.2) is 19.5 Å². The van der Waals surface area contributed by atoms with E-state index in [1.165, 1.54) is 0 Å². The Kier molecular flexibility index (Phi) is 6.52. The molecule has 35 heavy (non-hydrogen) atoms. The molecule has 1 saturated heterocycles. The van der Waals surface area contributed by atoms with Gasteiger partial charge in [-0.2, -0.15) is 13.2 Å². The van der Waals surface area contributed by atoms with Crippen LogP contribution in [0.15, 0.2) is 30.6 Å². The Hall–Kier alpha value is -3.87. The second-order valence-corrected chi connectivity index (χ2v) is 7.92. The van der Waals surface area contributed by atoms with Gasteiger partial charge in [-0.3, -0.25) is 4.98 Å². The molecule has 4 rings (SSSR count). The monoisotopic (exact) mass is 493 g/mol. The number of likely N-dealkylation sites (N-methyl/N-ethyl adjacent to an activating group) is 1. The molecular formula is C22H22F3N5O5. The van der Waals surface area contributed by atoms with Crippen LogP contribution in [0.25, 0.3) is 6.08 Å². The highest BCUT2D eigenvalue weighted by molar-refractivity contribution is 5.93. The molecule has 0 bridgehead atoms. The Morgan fingerprint density at radius 1 is 1.34 bits per heavy atom. The number of aliphatic hydroxyl groups is 1. The largest absolute Gasteiger partial charge is 0.481 e. The fraction of sp³-hybridized carbons (Fsp3) is 0.364. The van der Waals surface area contributed by atoms with Crippen molar-refractivity contribution in [3.63, 3.8) is 0 Å². The van der Waals surface area contributed by atoms with E-state index < -0.39 is 42.6 Å². The van der Waals surface area contributed by atoms with Crippen molar-refractivity contribution >= 4 is 23.9 Å². The van der Waals surface area contributed by atoms with Gasteiger partial charge in [-0.05, 0) is 6.07 Å². The van der Waals surface area contributed by atoms with Gasteiger partial charge in [0.15, 0.2) is 6.10 Å². The normalized spacial score (nSPS) is 19.4. The first-order chi connectivity index (χ1) is 16.6. The molecule has 2 atom stereocenters. The van der Waals surface area contributed by atoms with E-state index in [1.54, 1.807) is 12.4 Å². The summed E-state index contributed by atoms with van der Waals surface area (Å²) in [6.07, 6.45) is -0.126. The zero-order chi connectivity index (χ0) is 25.3. The summed E-state index contributed by atoms with van der Waals surface area (Å²) in [5.41, 5.74) is 1.04. The van der Waals surface area contributed by atoms with Crippen LogP contribution in [-0.4, -0.2) is 65.4 Å². The average Bonchev–Trinajstić information content (AvgIpc) is 3.18. The zero-order valence-corrected chi connectivity index (χ0v) is 18.7. The van der Waals surface area contributed by atoms with E-state index in [2.05, 4.69) is 15.3 Å². The summed E-state index contributed by atoms with van der Waals surface area (Å²) in [6, 6.07) is -0.811. The van der Waals surface area contributed by atoms with Crippen molar-refractivity contribution in [1.29, 1.82) is 0 Å². The molecule has 13 heteroatoms. The van der Waals surface area contributed by atoms with Crippen molar-refractivity contribution in [3.05, 3.63) is 53.0 Å². The Morgan fingerprint density at radius 2 is 2.11 bits per heavy atom. The fourth-order valence-electron chi connectivity index (χ4n) is 4.04. The van der Waals surface area contributed by atoms with Crippen molar-refractivity contribution in [1.82, 2.24) is 20.2 Å². The van der Waals surface area contributed by atoms with Crippen LogP contribution in [0, 0.1) is 0 Å². The van der Waals surface area contributed by atoms with Crippen LogP contribution in [0.3, 0.4) is 0 Å². The highest BCUT2D eigenvalue weighted by atomic mass is 19.4. The summed E-state index contributed by atoms with van der Waals surface area (Å²) in [7, 11) is 3.02. The summed E-state index contributed by atoms with van der Waals surface area (Å²) < 4.78 is 49.9. The SMILES string of the molecule is COc1cc(C(F)(F)F)cc([C@H]2OC(=O)N(C(=O)NCc3cncc4c3N(C)CC=C4)[C@H]2CO)n1. The van der Waals surface area contributed by atoms with Gasteiger partial charge in [0, 0.05) is 49.7 Å². The summed E-state index contributed by atoms with van der Waals surface area (Å²) in [6.45, 7) is -0.0898. The highest BCUT2D eigenvalue weighted by Crippen LogP contribution is 2.37. The topological polar surface area (TPSA) is 117 Å². The fourth-order valence-corrected chi connectivity index (χ4v) is 4.04. The molecule has 2 aliphatic heterocycles. The summed E-state index contributed by atoms with van der Waals surface area (Å²) in [5.74, 6) is -0.356. The predicted octanol–water partition coefficient (Wildman–Crippen LogP) is 2.73. The maximum Gasteiger partial charge on any atom is 0.419 e. The molecule has 2 aromatic rings. The third-order valence-electron chi connectivity index (χ3n) is 5.67. The Bertz CT molecular complexity index is 1170. The van der Waals surface area contributed by atoms with Crippen LogP contribution < -0.4 is 15.0 Å². The van der Waals surface area contributed by atoms with Gasteiger partial charge in [-0.1, -0.05) is 12.2 Å². The molecule has 3 amide bonds. The number of hydrogen-bond acceptors (Lipinski definition) is 8. The molecule has 0 saturated carbocycles. The maximum atomic E-state index is 13.3. The quantitative estimate of drug-likeness (QED) is 0.653. The molecule has 0 aromatic carbocycles. The Balaban J connectivity index is 1.56. The number of carbonyl (C=O) groups is 2. The lowest BCUT2D eigenvalue weighted by Crippen LogP contribution is -2.47. The molecule has 4 heterocycles. The van der Waals surface area contributed by atoms with E-state index >= 15 is 0 Å². The molecule has 2 aliphatic rings. The van der Waals surface area contributed by atoms with E-state index in [1.807, 2.05) is 24.1 Å². The number of carbonyl (C=O) groups excluding carboxylic acids is 2. The van der Waals surface area contributed by atoms with Crippen molar-refractivity contribution in [2.24, 2.45) is 0 Å². The minimum Gasteiger partial charge on any atom is -0.481 e. The number of imide groups is 1. The molecule has 0 aliphatic carbocycles. The number of cyclic esters (lactones) is 1. The minimum absolute atomic E-state index is 0.00934. The number of nitrogens with zero attached hydrogens (tertiary/aromatic N) is 4. The van der Waals surface area contributed by atoms with Crippen LogP contribution in [-0.2, 0) is 17.5 Å². The number of halogens is 3. The number of hydrogen-bond donors (Lipinski definition) is 2. The number of fused-ring (bicyclic) bond motifs is 1. The van der Waals surface area contributed by atoms with E-state index in [4.69, 9.17) is 9.47 Å². The third-order valence-corrected chi connectivity index (χ3v) is 5.67. The number of alkyl halides is 3. The van der Waals surface area contributed by atoms with E-state index in [-0.39, 0.29) is 18.1 Å². The minimum atomic E-state index is -4.72. The van der Waals surface area contributed by atoms with Crippen molar-refractivity contribution in [2.45, 2.75) is 24.9 Å². The second kappa shape index (κ2) is 9.41. The average molecular weight is 493 g/mol. The van der Waals surface area contributed by atoms with E-state index in [0.29, 0.717) is 29.1 Å². The molecule has 1 fully saturated rings. The van der Waals surface area contributed by atoms with Crippen LogP contribution in [0.1, 0.15) is 28.5 Å². The van der Waals surface area contributed by atoms with E-state index in [9.17, 15) is 27.9 Å². The molecule has 2 N–H and O–H groups in total. The van der Waals surface area contributed by atoms with Gasteiger partial charge in [0.25, 0.3) is 0 Å². The van der Waals surface area contributed by atoms with Gasteiger partial charge in [0.05, 0.1) is 30.7 Å². The van der Waals surface area contributed by atoms with Gasteiger partial charge < -0.3 is 24.8 Å². The number of urea groups is 1. The number of rotatable bonds is 5. The number of amides is 3. The van der Waals surface area contributed by atoms with Crippen molar-refractivity contribution in [3.8, 4) is 5.88 Å². The van der Waals surface area contributed by atoms with Crippen LogP contribution in [0.4, 0.5) is 28.4 Å². The van der Waals surface area contributed by atoms with Crippen molar-refractivity contribution < 1.29 is 37.3 Å². The number of aliphatic hydroxyl groups excluding tert-OH is 1. The maximum absolute atomic E-state index is 13.3. The Morgan fingerprint density at radius 3 is 2.80 bits per heavy atom. The second-order valence-electron chi connectivity index (χ2n) is 7.92. The lowest BCUT2D eigenvalue weighted by atomic mass is 10.1. The lowest BCUT2D eigenvalue weighted by molar-refractivity contribution is -0.137. The first kappa shape index (κ1) is 24.3. The van der Waals surface area contributed by atoms with Gasteiger partial charge in [0.2, 0.25) is 5.88 Å². The Labute approximate surface area is 198 Å². The van der Waals surface area contributed by atoms with Crippen LogP contribution >= 0.6 is 0 Å². The summed E-state index contributed by atoms with van der Waals surface area (Å²) in [4.78, 5) is 36.1. The number of anilines is 1. The van der Waals surface area contributed by atoms with Crippen LogP contribution in [0.5, 0.6) is 5.88 Å². The predicted molar refractivity (Wildman–Crippen MR) is 117 cm³/mol. The first-order valence-corrected chi connectivity index (χ1v) is 10.5. The molecule has 186 valence electrons. The molecule has 0 spiro atoms. The number of methoxy groups -OCH3 is 1. The number of nitrogens with one attached hydrogen (secondary N) is 1. The number of pyridine rings is 2. The van der Waals surface area contributed by atoms with Gasteiger partial charge >= 0.3 is 18.3 Å². The lowest BCUT2D eigenvalue weighted by Gasteiger charge is -2.26. The molecular weight excluding hydrogens is 471 g/mol. The van der Waals surface area contributed by atoms with Gasteiger partial charge in [-0.15, -0.1) is 0 Å². The molecule has 0 radical (unpaired) electrons. The zero-order valence-electron chi connectivity index (χ0n) is 18.7. The van der Waals surface area contributed by atoms with E-state index in [0.717, 1.165) is 18.4 Å². The third kappa shape index (κ3) is 4.71. The molecule has 10 nitrogen and oxygen atoms in total. The number of aromatic nitrogens is 2. The van der Waals surface area contributed by atoms with Crippen LogP contribution in [0.2, 0.25) is 0 Å². The molecule has 0 unspecified atom stereocenters. The van der Waals surface area contributed by atoms with Gasteiger partial charge in [0.1, 0.15) is 6.04 Å². The summed E-state index contributed by atoms with van der Waals surface area (Å²) in [5, 5.41) is 12.5. The number of ether oxygens (including phenoxy) is 2. The first-order valence-electron chi connectivity index (χ1n) is 10.5. The highest BCUT2D eigenvalue weighted by Gasteiger charge is 2.47. The smallest absolute Gasteiger partial charge is 0.419 e.